The second-order valence-corrected chi connectivity index (χ2v) is 3.74. The second kappa shape index (κ2) is 4.65. The zero-order chi connectivity index (χ0) is 11.4. The molecule has 0 saturated carbocycles. The van der Waals surface area contributed by atoms with Gasteiger partial charge in [0.05, 0.1) is 4.92 Å². The summed E-state index contributed by atoms with van der Waals surface area (Å²) in [6.45, 7) is 0. The Morgan fingerprint density at radius 1 is 1.67 bits per heavy atom. The van der Waals surface area contributed by atoms with Crippen LogP contribution in [0.25, 0.3) is 0 Å². The van der Waals surface area contributed by atoms with Gasteiger partial charge in [0.25, 0.3) is 5.69 Å². The third kappa shape index (κ3) is 3.13. The van der Waals surface area contributed by atoms with Gasteiger partial charge in [0.15, 0.2) is 5.17 Å². The first-order valence-corrected chi connectivity index (χ1v) is 4.92. The van der Waals surface area contributed by atoms with E-state index in [1.54, 1.807) is 0 Å². The first-order chi connectivity index (χ1) is 7.00. The molecule has 0 aromatic heterocycles. The normalized spacial score (nSPS) is 9.87. The van der Waals surface area contributed by atoms with E-state index in [9.17, 15) is 15.2 Å². The highest BCUT2D eigenvalue weighted by Crippen LogP contribution is 2.26. The van der Waals surface area contributed by atoms with Gasteiger partial charge in [-0.05, 0) is 6.07 Å². The van der Waals surface area contributed by atoms with Crippen LogP contribution in [0.4, 0.5) is 5.69 Å². The lowest BCUT2D eigenvalue weighted by molar-refractivity contribution is -0.384. The third-order valence-electron chi connectivity index (χ3n) is 1.66. The van der Waals surface area contributed by atoms with E-state index >= 15 is 0 Å². The number of non-ortho nitro benzene ring substituents is 1. The van der Waals surface area contributed by atoms with E-state index in [1.807, 2.05) is 0 Å². The van der Waals surface area contributed by atoms with Crippen molar-refractivity contribution in [2.24, 2.45) is 5.73 Å². The maximum Gasteiger partial charge on any atom is 0.270 e. The highest BCUT2D eigenvalue weighted by atomic mass is 32.2. The van der Waals surface area contributed by atoms with Crippen molar-refractivity contribution in [2.45, 2.75) is 5.75 Å². The van der Waals surface area contributed by atoms with Gasteiger partial charge in [-0.2, -0.15) is 0 Å². The number of phenols is 1. The Bertz CT molecular complexity index is 408. The molecule has 0 heterocycles. The molecule has 7 heteroatoms. The monoisotopic (exact) mass is 227 g/mol. The van der Waals surface area contributed by atoms with Crippen molar-refractivity contribution in [3.05, 3.63) is 33.9 Å². The number of amidine groups is 1. The molecule has 0 bridgehead atoms. The number of nitrogens with zero attached hydrogens (tertiary/aromatic N) is 1. The van der Waals surface area contributed by atoms with Gasteiger partial charge in [-0.3, -0.25) is 15.5 Å². The van der Waals surface area contributed by atoms with E-state index in [1.165, 1.54) is 18.2 Å². The van der Waals surface area contributed by atoms with Crippen molar-refractivity contribution in [1.29, 1.82) is 5.41 Å². The topological polar surface area (TPSA) is 113 Å². The number of rotatable bonds is 3. The summed E-state index contributed by atoms with van der Waals surface area (Å²) in [6.07, 6.45) is 0. The number of hydrogen-bond acceptors (Lipinski definition) is 5. The number of nitro benzene ring substituents is 1. The number of nitrogens with one attached hydrogen (secondary N) is 1. The third-order valence-corrected chi connectivity index (χ3v) is 2.42. The van der Waals surface area contributed by atoms with Gasteiger partial charge < -0.3 is 10.8 Å². The molecule has 0 aliphatic rings. The van der Waals surface area contributed by atoms with Crippen LogP contribution < -0.4 is 5.73 Å². The first-order valence-electron chi connectivity index (χ1n) is 3.94. The van der Waals surface area contributed by atoms with Crippen LogP contribution in [0, 0.1) is 15.5 Å². The zero-order valence-corrected chi connectivity index (χ0v) is 8.45. The van der Waals surface area contributed by atoms with E-state index in [-0.39, 0.29) is 22.4 Å². The highest BCUT2D eigenvalue weighted by Gasteiger charge is 2.10. The van der Waals surface area contributed by atoms with E-state index < -0.39 is 4.92 Å². The Hall–Kier alpha value is -1.76. The van der Waals surface area contributed by atoms with Crippen LogP contribution in [-0.2, 0) is 5.75 Å². The summed E-state index contributed by atoms with van der Waals surface area (Å²) < 4.78 is 0. The number of benzene rings is 1. The zero-order valence-electron chi connectivity index (χ0n) is 7.64. The quantitative estimate of drug-likeness (QED) is 0.313. The van der Waals surface area contributed by atoms with Crippen LogP contribution in [0.5, 0.6) is 5.75 Å². The number of thioether (sulfide) groups is 1. The molecule has 0 aliphatic carbocycles. The molecule has 0 atom stereocenters. The van der Waals surface area contributed by atoms with E-state index in [2.05, 4.69) is 0 Å². The lowest BCUT2D eigenvalue weighted by atomic mass is 10.2. The Balaban J connectivity index is 2.90. The minimum atomic E-state index is -0.540. The Kier molecular flexibility index (Phi) is 3.51. The van der Waals surface area contributed by atoms with Crippen molar-refractivity contribution in [3.63, 3.8) is 0 Å². The maximum atomic E-state index is 10.5. The van der Waals surface area contributed by atoms with Gasteiger partial charge >= 0.3 is 0 Å². The molecule has 0 fully saturated rings. The summed E-state index contributed by atoms with van der Waals surface area (Å²) in [6, 6.07) is 3.75. The van der Waals surface area contributed by atoms with Gasteiger partial charge in [-0.15, -0.1) is 0 Å². The molecule has 0 amide bonds. The number of aromatic hydroxyl groups is 1. The Labute approximate surface area is 89.8 Å². The van der Waals surface area contributed by atoms with Crippen LogP contribution in [0.3, 0.4) is 0 Å². The van der Waals surface area contributed by atoms with Gasteiger partial charge in [-0.25, -0.2) is 0 Å². The lowest BCUT2D eigenvalue weighted by Crippen LogP contribution is -2.03. The SMILES string of the molecule is N=C(N)SCc1cc([N+](=O)[O-])ccc1O. The van der Waals surface area contributed by atoms with Gasteiger partial charge in [0.1, 0.15) is 5.75 Å². The molecule has 1 aromatic rings. The molecule has 0 aliphatic heterocycles. The molecular formula is C8H9N3O3S. The Morgan fingerprint density at radius 2 is 2.33 bits per heavy atom. The van der Waals surface area contributed by atoms with Crippen LogP contribution in [-0.4, -0.2) is 15.2 Å². The molecular weight excluding hydrogens is 218 g/mol. The van der Waals surface area contributed by atoms with Gasteiger partial charge in [0, 0.05) is 23.4 Å². The average molecular weight is 227 g/mol. The predicted octanol–water partition coefficient (Wildman–Crippen LogP) is 1.43. The number of phenolic OH excluding ortho intramolecular Hbond substituents is 1. The fraction of sp³-hybridized carbons (Fsp3) is 0.125. The molecule has 1 rings (SSSR count). The molecule has 0 saturated heterocycles. The number of nitro groups is 1. The summed E-state index contributed by atoms with van der Waals surface area (Å²) in [5, 5.41) is 26.7. The molecule has 80 valence electrons. The Morgan fingerprint density at radius 3 is 2.87 bits per heavy atom. The van der Waals surface area contributed by atoms with Crippen LogP contribution in [0.1, 0.15) is 5.56 Å². The summed E-state index contributed by atoms with van der Waals surface area (Å²) in [7, 11) is 0. The van der Waals surface area contributed by atoms with Crippen molar-refractivity contribution in [3.8, 4) is 5.75 Å². The summed E-state index contributed by atoms with van der Waals surface area (Å²) in [4.78, 5) is 9.91. The minimum Gasteiger partial charge on any atom is -0.508 e. The molecule has 6 nitrogen and oxygen atoms in total. The summed E-state index contributed by atoms with van der Waals surface area (Å²) >= 11 is 0.997. The molecule has 4 N–H and O–H groups in total. The molecule has 0 radical (unpaired) electrons. The first kappa shape index (κ1) is 11.3. The van der Waals surface area contributed by atoms with Crippen LogP contribution in [0.15, 0.2) is 18.2 Å². The highest BCUT2D eigenvalue weighted by molar-refractivity contribution is 8.13. The molecule has 0 unspecified atom stereocenters. The van der Waals surface area contributed by atoms with Crippen LogP contribution in [0.2, 0.25) is 0 Å². The lowest BCUT2D eigenvalue weighted by Gasteiger charge is -2.02. The number of hydrogen-bond donors (Lipinski definition) is 3. The molecule has 0 spiro atoms. The fourth-order valence-electron chi connectivity index (χ4n) is 0.957. The van der Waals surface area contributed by atoms with Crippen molar-refractivity contribution >= 4 is 22.6 Å². The van der Waals surface area contributed by atoms with Gasteiger partial charge in [0.2, 0.25) is 0 Å². The second-order valence-electron chi connectivity index (χ2n) is 2.72. The minimum absolute atomic E-state index is 0.0330. The van der Waals surface area contributed by atoms with Crippen molar-refractivity contribution in [2.75, 3.05) is 0 Å². The van der Waals surface area contributed by atoms with E-state index in [0.717, 1.165) is 11.8 Å². The number of nitrogens with two attached hydrogens (primary N) is 1. The maximum absolute atomic E-state index is 10.5. The van der Waals surface area contributed by atoms with Crippen molar-refractivity contribution < 1.29 is 10.0 Å². The van der Waals surface area contributed by atoms with E-state index in [4.69, 9.17) is 11.1 Å². The largest absolute Gasteiger partial charge is 0.508 e. The average Bonchev–Trinajstić information content (AvgIpc) is 2.16. The van der Waals surface area contributed by atoms with Crippen LogP contribution >= 0.6 is 11.8 Å². The smallest absolute Gasteiger partial charge is 0.270 e. The fourth-order valence-corrected chi connectivity index (χ4v) is 1.50. The standard InChI is InChI=1S/C8H9N3O3S/c9-8(10)15-4-5-3-6(11(13)14)1-2-7(5)12/h1-3,12H,4H2,(H3,9,10). The summed E-state index contributed by atoms with van der Waals surface area (Å²) in [5.74, 6) is 0.206. The van der Waals surface area contributed by atoms with Gasteiger partial charge in [-0.1, -0.05) is 11.8 Å². The summed E-state index contributed by atoms with van der Waals surface area (Å²) in [5.41, 5.74) is 5.42. The predicted molar refractivity (Wildman–Crippen MR) is 58.0 cm³/mol. The van der Waals surface area contributed by atoms with E-state index in [0.29, 0.717) is 5.56 Å². The molecule has 1 aromatic carbocycles. The van der Waals surface area contributed by atoms with Crippen molar-refractivity contribution in [1.82, 2.24) is 0 Å². The molecule has 15 heavy (non-hydrogen) atoms.